The summed E-state index contributed by atoms with van der Waals surface area (Å²) in [5, 5.41) is 13.6. The molecular formula is C20H27FN4O3. The number of ether oxygens (including phenoxy) is 1. The Morgan fingerprint density at radius 3 is 3.00 bits per heavy atom. The topological polar surface area (TPSA) is 90.5 Å². The van der Waals surface area contributed by atoms with Crippen LogP contribution in [0.1, 0.15) is 31.5 Å². The Morgan fingerprint density at radius 1 is 1.36 bits per heavy atom. The summed E-state index contributed by atoms with van der Waals surface area (Å²) >= 11 is 0. The maximum Gasteiger partial charge on any atom is 0.220 e. The summed E-state index contributed by atoms with van der Waals surface area (Å²) in [6.45, 7) is 3.08. The van der Waals surface area contributed by atoms with Crippen LogP contribution in [0.2, 0.25) is 0 Å². The maximum absolute atomic E-state index is 13.2. The number of fused-ring (bicyclic) bond motifs is 1. The molecule has 1 aromatic heterocycles. The molecule has 1 aromatic carbocycles. The van der Waals surface area contributed by atoms with Crippen molar-refractivity contribution < 1.29 is 19.0 Å². The predicted molar refractivity (Wildman–Crippen MR) is 102 cm³/mol. The molecule has 1 aliphatic heterocycles. The van der Waals surface area contributed by atoms with Gasteiger partial charge in [-0.25, -0.2) is 9.37 Å². The molecule has 3 N–H and O–H groups in total. The Balaban J connectivity index is 1.23. The van der Waals surface area contributed by atoms with E-state index in [9.17, 15) is 14.3 Å². The average molecular weight is 390 g/mol. The number of benzene rings is 1. The number of aromatic amines is 1. The molecule has 2 aromatic rings. The van der Waals surface area contributed by atoms with E-state index in [1.165, 1.54) is 12.1 Å². The minimum atomic E-state index is -0.535. The fourth-order valence-corrected chi connectivity index (χ4v) is 4.27. The van der Waals surface area contributed by atoms with E-state index in [1.54, 1.807) is 6.07 Å². The zero-order chi connectivity index (χ0) is 19.5. The molecule has 2 heterocycles. The summed E-state index contributed by atoms with van der Waals surface area (Å²) in [5.41, 5.74) is 1.40. The first-order chi connectivity index (χ1) is 13.6. The van der Waals surface area contributed by atoms with E-state index >= 15 is 0 Å². The van der Waals surface area contributed by atoms with E-state index < -0.39 is 6.10 Å². The third-order valence-corrected chi connectivity index (χ3v) is 5.75. The highest BCUT2D eigenvalue weighted by Gasteiger charge is 2.39. The molecule has 2 fully saturated rings. The van der Waals surface area contributed by atoms with Crippen molar-refractivity contribution >= 4 is 16.9 Å². The summed E-state index contributed by atoms with van der Waals surface area (Å²) in [6, 6.07) is 4.37. The minimum absolute atomic E-state index is 0.0474. The molecule has 7 nitrogen and oxygen atoms in total. The highest BCUT2D eigenvalue weighted by molar-refractivity contribution is 5.76. The van der Waals surface area contributed by atoms with Crippen molar-refractivity contribution in [1.82, 2.24) is 20.2 Å². The molecule has 0 unspecified atom stereocenters. The van der Waals surface area contributed by atoms with E-state index in [0.717, 1.165) is 37.3 Å². The lowest BCUT2D eigenvalue weighted by atomic mass is 10.1. The molecule has 0 radical (unpaired) electrons. The molecule has 1 saturated carbocycles. The molecule has 1 saturated heterocycles. The fourth-order valence-electron chi connectivity index (χ4n) is 4.27. The number of carbonyl (C=O) groups is 1. The van der Waals surface area contributed by atoms with Crippen LogP contribution in [-0.2, 0) is 16.0 Å². The van der Waals surface area contributed by atoms with Gasteiger partial charge in [0.15, 0.2) is 0 Å². The summed E-state index contributed by atoms with van der Waals surface area (Å²) in [7, 11) is 0. The highest BCUT2D eigenvalue weighted by atomic mass is 19.1. The van der Waals surface area contributed by atoms with Gasteiger partial charge in [-0.1, -0.05) is 0 Å². The second-order valence-corrected chi connectivity index (χ2v) is 7.66. The van der Waals surface area contributed by atoms with Gasteiger partial charge in [-0.05, 0) is 37.5 Å². The summed E-state index contributed by atoms with van der Waals surface area (Å²) in [5.74, 6) is 0.406. The van der Waals surface area contributed by atoms with E-state index in [2.05, 4.69) is 20.2 Å². The van der Waals surface area contributed by atoms with Crippen LogP contribution in [0.4, 0.5) is 4.39 Å². The number of aromatic nitrogens is 2. The standard InChI is InChI=1S/C20H27FN4O3/c21-13-4-5-14-16(12-13)23-18(22-14)2-1-3-19(26)24-15-6-7-17(20(15)27)25-8-10-28-11-9-25/h4-5,12,15,17,20,27H,1-3,6-11H2,(H,22,23)(H,24,26)/t15-,17-,20-/m1/s1. The van der Waals surface area contributed by atoms with Gasteiger partial charge < -0.3 is 20.1 Å². The molecule has 1 aliphatic carbocycles. The molecule has 152 valence electrons. The number of hydrogen-bond acceptors (Lipinski definition) is 5. The zero-order valence-corrected chi connectivity index (χ0v) is 15.9. The van der Waals surface area contributed by atoms with Gasteiger partial charge in [0.1, 0.15) is 11.6 Å². The molecule has 8 heteroatoms. The lowest BCUT2D eigenvalue weighted by Gasteiger charge is -2.34. The first kappa shape index (κ1) is 19.3. The number of H-pyrrole nitrogens is 1. The number of hydrogen-bond donors (Lipinski definition) is 3. The van der Waals surface area contributed by atoms with E-state index in [4.69, 9.17) is 4.74 Å². The monoisotopic (exact) mass is 390 g/mol. The van der Waals surface area contributed by atoms with Gasteiger partial charge in [-0.2, -0.15) is 0 Å². The Kier molecular flexibility index (Phi) is 5.89. The number of halogens is 1. The number of rotatable bonds is 6. The number of nitrogens with zero attached hydrogens (tertiary/aromatic N) is 2. The van der Waals surface area contributed by atoms with Crippen molar-refractivity contribution in [1.29, 1.82) is 0 Å². The number of nitrogens with one attached hydrogen (secondary N) is 2. The normalized spacial score (nSPS) is 26.0. The first-order valence-corrected chi connectivity index (χ1v) is 10.0. The van der Waals surface area contributed by atoms with Crippen LogP contribution in [0.25, 0.3) is 11.0 Å². The molecule has 0 bridgehead atoms. The van der Waals surface area contributed by atoms with Crippen molar-refractivity contribution in [2.75, 3.05) is 26.3 Å². The largest absolute Gasteiger partial charge is 0.389 e. The Hall–Kier alpha value is -2.03. The quantitative estimate of drug-likeness (QED) is 0.693. The van der Waals surface area contributed by atoms with E-state index in [0.29, 0.717) is 38.0 Å². The second-order valence-electron chi connectivity index (χ2n) is 7.66. The Morgan fingerprint density at radius 2 is 2.18 bits per heavy atom. The number of imidazole rings is 1. The zero-order valence-electron chi connectivity index (χ0n) is 15.9. The Labute approximate surface area is 163 Å². The number of aliphatic hydroxyl groups is 1. The molecule has 28 heavy (non-hydrogen) atoms. The van der Waals surface area contributed by atoms with Crippen molar-refractivity contribution in [3.8, 4) is 0 Å². The van der Waals surface area contributed by atoms with Crippen LogP contribution >= 0.6 is 0 Å². The van der Waals surface area contributed by atoms with Crippen molar-refractivity contribution in [3.63, 3.8) is 0 Å². The van der Waals surface area contributed by atoms with Gasteiger partial charge in [0.2, 0.25) is 5.91 Å². The van der Waals surface area contributed by atoms with E-state index in [-0.39, 0.29) is 23.8 Å². The summed E-state index contributed by atoms with van der Waals surface area (Å²) in [6.07, 6.45) is 2.78. The summed E-state index contributed by atoms with van der Waals surface area (Å²) in [4.78, 5) is 22.1. The lowest BCUT2D eigenvalue weighted by Crippen LogP contribution is -2.51. The smallest absolute Gasteiger partial charge is 0.220 e. The average Bonchev–Trinajstić information content (AvgIpc) is 3.25. The van der Waals surface area contributed by atoms with Crippen LogP contribution in [0.3, 0.4) is 0 Å². The summed E-state index contributed by atoms with van der Waals surface area (Å²) < 4.78 is 18.6. The predicted octanol–water partition coefficient (Wildman–Crippen LogP) is 1.36. The molecule has 1 amide bonds. The van der Waals surface area contributed by atoms with Gasteiger partial charge >= 0.3 is 0 Å². The highest BCUT2D eigenvalue weighted by Crippen LogP contribution is 2.25. The van der Waals surface area contributed by atoms with Crippen molar-refractivity contribution in [3.05, 3.63) is 29.8 Å². The van der Waals surface area contributed by atoms with Gasteiger partial charge in [-0.3, -0.25) is 9.69 Å². The van der Waals surface area contributed by atoms with Gasteiger partial charge in [0.25, 0.3) is 0 Å². The maximum atomic E-state index is 13.2. The SMILES string of the molecule is O=C(CCCc1nc2ccc(F)cc2[nH]1)N[C@@H]1CC[C@@H](N2CCOCC2)[C@@H]1O. The number of aryl methyl sites for hydroxylation is 1. The molecule has 3 atom stereocenters. The number of morpholine rings is 1. The van der Waals surface area contributed by atoms with Gasteiger partial charge in [-0.15, -0.1) is 0 Å². The van der Waals surface area contributed by atoms with Crippen molar-refractivity contribution in [2.45, 2.75) is 50.3 Å². The third-order valence-electron chi connectivity index (χ3n) is 5.75. The number of amides is 1. The lowest BCUT2D eigenvalue weighted by molar-refractivity contribution is -0.122. The van der Waals surface area contributed by atoms with Crippen LogP contribution < -0.4 is 5.32 Å². The van der Waals surface area contributed by atoms with Gasteiger partial charge in [0, 0.05) is 32.0 Å². The minimum Gasteiger partial charge on any atom is -0.389 e. The first-order valence-electron chi connectivity index (χ1n) is 10.0. The van der Waals surface area contributed by atoms with Crippen LogP contribution in [0.15, 0.2) is 18.2 Å². The molecule has 2 aliphatic rings. The second kappa shape index (κ2) is 8.55. The number of aliphatic hydroxyl groups excluding tert-OH is 1. The Bertz CT molecular complexity index is 821. The van der Waals surface area contributed by atoms with Crippen LogP contribution in [0, 0.1) is 5.82 Å². The van der Waals surface area contributed by atoms with Gasteiger partial charge in [0.05, 0.1) is 36.4 Å². The molecular weight excluding hydrogens is 363 g/mol. The van der Waals surface area contributed by atoms with E-state index in [1.807, 2.05) is 0 Å². The van der Waals surface area contributed by atoms with Crippen molar-refractivity contribution in [2.24, 2.45) is 0 Å². The van der Waals surface area contributed by atoms with Crippen LogP contribution in [-0.4, -0.2) is 70.4 Å². The third kappa shape index (κ3) is 4.34. The van der Waals surface area contributed by atoms with Crippen LogP contribution in [0.5, 0.6) is 0 Å². The number of carbonyl (C=O) groups excluding carboxylic acids is 1. The molecule has 4 rings (SSSR count). The fraction of sp³-hybridized carbons (Fsp3) is 0.600. The molecule has 0 spiro atoms.